The minimum Gasteiger partial charge on any atom is -0.369 e. The van der Waals surface area contributed by atoms with Crippen molar-refractivity contribution in [3.63, 3.8) is 0 Å². The number of nitrogens with two attached hydrogens (primary N) is 1. The van der Waals surface area contributed by atoms with Crippen molar-refractivity contribution >= 4 is 0 Å². The van der Waals surface area contributed by atoms with Gasteiger partial charge in [0.15, 0.2) is 0 Å². The van der Waals surface area contributed by atoms with Crippen LogP contribution in [0.15, 0.2) is 36.1 Å². The summed E-state index contributed by atoms with van der Waals surface area (Å²) in [5, 5.41) is 0. The predicted octanol–water partition coefficient (Wildman–Crippen LogP) is 2.14. The maximum atomic E-state index is 12.8. The molecule has 0 aliphatic carbocycles. The number of nitrogens with zero attached hydrogens (tertiary/aromatic N) is 2. The Bertz CT molecular complexity index is 378. The zero-order valence-electron chi connectivity index (χ0n) is 11.8. The molecule has 0 unspecified atom stereocenters. The zero-order valence-corrected chi connectivity index (χ0v) is 11.8. The number of halogens is 3. The average Bonchev–Trinajstić information content (AvgIpc) is 2.38. The highest BCUT2D eigenvalue weighted by Crippen LogP contribution is 2.28. The molecule has 20 heavy (non-hydrogen) atoms. The first-order valence-corrected chi connectivity index (χ1v) is 6.66. The fraction of sp³-hybridized carbons (Fsp3) is 0.571. The van der Waals surface area contributed by atoms with Crippen LogP contribution in [-0.4, -0.2) is 55.2 Å². The summed E-state index contributed by atoms with van der Waals surface area (Å²) in [5.41, 5.74) is 5.22. The Morgan fingerprint density at radius 3 is 2.30 bits per heavy atom. The first-order valence-electron chi connectivity index (χ1n) is 6.66. The highest BCUT2D eigenvalue weighted by atomic mass is 19.4. The van der Waals surface area contributed by atoms with Crippen LogP contribution in [0, 0.1) is 0 Å². The fourth-order valence-corrected chi connectivity index (χ4v) is 2.12. The normalized spacial score (nSPS) is 18.9. The molecule has 114 valence electrons. The average molecular weight is 289 g/mol. The molecule has 1 saturated heterocycles. The third kappa shape index (κ3) is 5.02. The molecule has 6 heteroatoms. The second kappa shape index (κ2) is 7.50. The Balaban J connectivity index is 2.66. The van der Waals surface area contributed by atoms with Crippen LogP contribution in [0.5, 0.6) is 0 Å². The number of piperazine rings is 1. The van der Waals surface area contributed by atoms with E-state index >= 15 is 0 Å². The molecule has 1 fully saturated rings. The lowest BCUT2D eigenvalue weighted by Gasteiger charge is -2.36. The van der Waals surface area contributed by atoms with E-state index in [9.17, 15) is 13.2 Å². The van der Waals surface area contributed by atoms with Gasteiger partial charge in [-0.05, 0) is 13.0 Å². The molecule has 0 aromatic carbocycles. The lowest BCUT2D eigenvalue weighted by Crippen LogP contribution is -2.46. The van der Waals surface area contributed by atoms with Gasteiger partial charge in [-0.15, -0.1) is 0 Å². The summed E-state index contributed by atoms with van der Waals surface area (Å²) in [4.78, 5) is 4.08. The van der Waals surface area contributed by atoms with Crippen molar-refractivity contribution < 1.29 is 13.2 Å². The number of allylic oxidation sites excluding steroid dienone is 4. The molecule has 0 atom stereocenters. The highest BCUT2D eigenvalue weighted by molar-refractivity contribution is 5.31. The Hall–Kier alpha value is -1.27. The summed E-state index contributed by atoms with van der Waals surface area (Å²) in [6.07, 6.45) is -0.795. The van der Waals surface area contributed by atoms with Gasteiger partial charge in [-0.1, -0.05) is 18.7 Å². The van der Waals surface area contributed by atoms with E-state index in [-0.39, 0.29) is 0 Å². The molecule has 1 rings (SSSR count). The molecule has 1 aliphatic heterocycles. The molecular formula is C14H22F3N3. The topological polar surface area (TPSA) is 32.5 Å². The summed E-state index contributed by atoms with van der Waals surface area (Å²) >= 11 is 0. The monoisotopic (exact) mass is 289 g/mol. The smallest absolute Gasteiger partial charge is 0.369 e. The molecule has 0 aromatic rings. The molecule has 0 aromatic heterocycles. The number of hydrogen-bond donors (Lipinski definition) is 1. The van der Waals surface area contributed by atoms with Gasteiger partial charge in [0.25, 0.3) is 0 Å². The van der Waals surface area contributed by atoms with E-state index in [0.29, 0.717) is 25.3 Å². The quantitative estimate of drug-likeness (QED) is 0.787. The first-order chi connectivity index (χ1) is 9.38. The second-order valence-corrected chi connectivity index (χ2v) is 4.71. The fourth-order valence-electron chi connectivity index (χ4n) is 2.12. The summed E-state index contributed by atoms with van der Waals surface area (Å²) < 4.78 is 38.4. The second-order valence-electron chi connectivity index (χ2n) is 4.71. The maximum Gasteiger partial charge on any atom is 0.416 e. The SMILES string of the molecule is C=C(/C=C(\C=C/C)C(F)(F)F)N1CCN(CCN)CC1. The van der Waals surface area contributed by atoms with Crippen molar-refractivity contribution in [2.45, 2.75) is 13.1 Å². The van der Waals surface area contributed by atoms with Gasteiger partial charge in [-0.2, -0.15) is 13.2 Å². The van der Waals surface area contributed by atoms with E-state index < -0.39 is 11.7 Å². The molecule has 3 nitrogen and oxygen atoms in total. The molecule has 1 heterocycles. The molecule has 0 amide bonds. The molecule has 0 saturated carbocycles. The van der Waals surface area contributed by atoms with Gasteiger partial charge in [0.05, 0.1) is 5.57 Å². The van der Waals surface area contributed by atoms with E-state index in [4.69, 9.17) is 5.73 Å². The Kier molecular flexibility index (Phi) is 6.29. The van der Waals surface area contributed by atoms with Crippen LogP contribution < -0.4 is 5.73 Å². The molecule has 1 aliphatic rings. The van der Waals surface area contributed by atoms with Gasteiger partial charge in [0.1, 0.15) is 0 Å². The van der Waals surface area contributed by atoms with E-state index in [1.165, 1.54) is 6.08 Å². The molecule has 2 N–H and O–H groups in total. The van der Waals surface area contributed by atoms with Gasteiger partial charge in [0, 0.05) is 45.0 Å². The number of rotatable bonds is 5. The molecule has 0 radical (unpaired) electrons. The van der Waals surface area contributed by atoms with Gasteiger partial charge in [-0.25, -0.2) is 0 Å². The van der Waals surface area contributed by atoms with Crippen molar-refractivity contribution in [2.75, 3.05) is 39.3 Å². The van der Waals surface area contributed by atoms with Crippen molar-refractivity contribution in [3.8, 4) is 0 Å². The maximum absolute atomic E-state index is 12.8. The third-order valence-electron chi connectivity index (χ3n) is 3.22. The van der Waals surface area contributed by atoms with Crippen LogP contribution in [0.2, 0.25) is 0 Å². The van der Waals surface area contributed by atoms with E-state index in [1.54, 1.807) is 6.92 Å². The van der Waals surface area contributed by atoms with Crippen LogP contribution in [0.1, 0.15) is 6.92 Å². The molecule has 0 bridgehead atoms. The number of hydrogen-bond acceptors (Lipinski definition) is 3. The lowest BCUT2D eigenvalue weighted by molar-refractivity contribution is -0.0883. The minimum absolute atomic E-state index is 0.405. The first kappa shape index (κ1) is 16.8. The van der Waals surface area contributed by atoms with E-state index in [1.807, 2.05) is 4.90 Å². The van der Waals surface area contributed by atoms with Gasteiger partial charge in [0.2, 0.25) is 0 Å². The van der Waals surface area contributed by atoms with Crippen molar-refractivity contribution in [2.24, 2.45) is 5.73 Å². The summed E-state index contributed by atoms with van der Waals surface area (Å²) in [5.74, 6) is 0. The summed E-state index contributed by atoms with van der Waals surface area (Å²) in [6.45, 7) is 9.70. The Morgan fingerprint density at radius 2 is 1.85 bits per heavy atom. The van der Waals surface area contributed by atoms with Crippen LogP contribution in [0.25, 0.3) is 0 Å². The Morgan fingerprint density at radius 1 is 1.25 bits per heavy atom. The Labute approximate surface area is 118 Å². The van der Waals surface area contributed by atoms with Crippen LogP contribution >= 0.6 is 0 Å². The van der Waals surface area contributed by atoms with Crippen LogP contribution in [0.4, 0.5) is 13.2 Å². The van der Waals surface area contributed by atoms with Gasteiger partial charge >= 0.3 is 6.18 Å². The predicted molar refractivity (Wildman–Crippen MR) is 75.2 cm³/mol. The third-order valence-corrected chi connectivity index (χ3v) is 3.22. The van der Waals surface area contributed by atoms with E-state index in [2.05, 4.69) is 11.5 Å². The standard InChI is InChI=1S/C14H22F3N3/c1-3-4-13(14(15,16)17)11-12(2)20-9-7-19(6-5-18)8-10-20/h3-4,11H,2,5-10,18H2,1H3/b4-3-,13-11+. The minimum atomic E-state index is -4.35. The van der Waals surface area contributed by atoms with Crippen molar-refractivity contribution in [1.82, 2.24) is 9.80 Å². The largest absolute Gasteiger partial charge is 0.416 e. The van der Waals surface area contributed by atoms with Crippen LogP contribution in [-0.2, 0) is 0 Å². The summed E-state index contributed by atoms with van der Waals surface area (Å²) in [7, 11) is 0. The lowest BCUT2D eigenvalue weighted by atomic mass is 10.1. The van der Waals surface area contributed by atoms with Crippen LogP contribution in [0.3, 0.4) is 0 Å². The number of alkyl halides is 3. The van der Waals surface area contributed by atoms with Crippen molar-refractivity contribution in [1.29, 1.82) is 0 Å². The van der Waals surface area contributed by atoms with Gasteiger partial charge in [-0.3, -0.25) is 4.90 Å². The van der Waals surface area contributed by atoms with Crippen molar-refractivity contribution in [3.05, 3.63) is 36.1 Å². The summed E-state index contributed by atoms with van der Waals surface area (Å²) in [6, 6.07) is 0. The zero-order chi connectivity index (χ0) is 15.2. The molecular weight excluding hydrogens is 267 g/mol. The van der Waals surface area contributed by atoms with Gasteiger partial charge < -0.3 is 10.6 Å². The molecule has 0 spiro atoms. The van der Waals surface area contributed by atoms with E-state index in [0.717, 1.165) is 31.8 Å². The highest BCUT2D eigenvalue weighted by Gasteiger charge is 2.32.